The molecule has 2 heteroatoms. The Labute approximate surface area is 82.8 Å². The zero-order valence-electron chi connectivity index (χ0n) is 7.75. The molecule has 0 unspecified atom stereocenters. The van der Waals surface area contributed by atoms with Crippen molar-refractivity contribution in [3.8, 4) is 23.8 Å². The molecule has 0 amide bonds. The first-order valence-electron chi connectivity index (χ1n) is 4.72. The molecule has 1 heterocycles. The van der Waals surface area contributed by atoms with Gasteiger partial charge in [0.05, 0.1) is 5.41 Å². The zero-order chi connectivity index (χ0) is 9.60. The van der Waals surface area contributed by atoms with E-state index in [4.69, 9.17) is 15.9 Å². The third kappa shape index (κ3) is 0.927. The van der Waals surface area contributed by atoms with E-state index in [0.717, 1.165) is 24.3 Å². The molecule has 0 saturated heterocycles. The zero-order valence-corrected chi connectivity index (χ0v) is 7.75. The van der Waals surface area contributed by atoms with Gasteiger partial charge in [-0.1, -0.05) is 12.0 Å². The van der Waals surface area contributed by atoms with Gasteiger partial charge in [0, 0.05) is 0 Å². The highest BCUT2D eigenvalue weighted by Crippen LogP contribution is 2.49. The van der Waals surface area contributed by atoms with Crippen molar-refractivity contribution in [3.63, 3.8) is 0 Å². The number of ether oxygens (including phenoxy) is 2. The topological polar surface area (TPSA) is 18.5 Å². The summed E-state index contributed by atoms with van der Waals surface area (Å²) in [6.07, 6.45) is 7.70. The third-order valence-electron chi connectivity index (χ3n) is 2.95. The lowest BCUT2D eigenvalue weighted by Crippen LogP contribution is -2.01. The van der Waals surface area contributed by atoms with Crippen molar-refractivity contribution in [3.05, 3.63) is 23.8 Å². The van der Waals surface area contributed by atoms with Gasteiger partial charge in [0.2, 0.25) is 6.79 Å². The monoisotopic (exact) mass is 186 g/mol. The molecule has 2 nitrogen and oxygen atoms in total. The van der Waals surface area contributed by atoms with E-state index in [2.05, 4.69) is 5.92 Å². The van der Waals surface area contributed by atoms with Gasteiger partial charge in [-0.3, -0.25) is 0 Å². The van der Waals surface area contributed by atoms with Gasteiger partial charge in [0.15, 0.2) is 11.5 Å². The molecular formula is C12H10O2. The molecule has 1 aromatic rings. The molecule has 1 aliphatic carbocycles. The van der Waals surface area contributed by atoms with E-state index in [9.17, 15) is 0 Å². The highest BCUT2D eigenvalue weighted by Gasteiger charge is 2.43. The summed E-state index contributed by atoms with van der Waals surface area (Å²) in [5.41, 5.74) is 1.17. The maximum atomic E-state index is 5.52. The number of terminal acetylenes is 1. The Morgan fingerprint density at radius 3 is 2.71 bits per heavy atom. The largest absolute Gasteiger partial charge is 0.454 e. The maximum Gasteiger partial charge on any atom is 0.231 e. The Kier molecular flexibility index (Phi) is 1.36. The van der Waals surface area contributed by atoms with Crippen molar-refractivity contribution in [2.45, 2.75) is 18.3 Å². The van der Waals surface area contributed by atoms with Gasteiger partial charge >= 0.3 is 0 Å². The van der Waals surface area contributed by atoms with Gasteiger partial charge in [-0.25, -0.2) is 0 Å². The van der Waals surface area contributed by atoms with E-state index in [1.807, 2.05) is 18.2 Å². The summed E-state index contributed by atoms with van der Waals surface area (Å²) in [6, 6.07) is 5.99. The Morgan fingerprint density at radius 1 is 1.21 bits per heavy atom. The van der Waals surface area contributed by atoms with Crippen LogP contribution in [0.15, 0.2) is 18.2 Å². The minimum absolute atomic E-state index is 0.0129. The number of hydrogen-bond donors (Lipinski definition) is 0. The molecule has 1 saturated carbocycles. The Morgan fingerprint density at radius 2 is 2.00 bits per heavy atom. The van der Waals surface area contributed by atoms with Crippen LogP contribution < -0.4 is 9.47 Å². The number of benzene rings is 1. The molecule has 0 radical (unpaired) electrons. The number of hydrogen-bond acceptors (Lipinski definition) is 2. The van der Waals surface area contributed by atoms with E-state index in [0.29, 0.717) is 6.79 Å². The Hall–Kier alpha value is -1.62. The van der Waals surface area contributed by atoms with Crippen LogP contribution in [0.1, 0.15) is 18.4 Å². The van der Waals surface area contributed by atoms with Crippen molar-refractivity contribution in [2.24, 2.45) is 0 Å². The van der Waals surface area contributed by atoms with Gasteiger partial charge in [0.25, 0.3) is 0 Å². The highest BCUT2D eigenvalue weighted by atomic mass is 16.7. The summed E-state index contributed by atoms with van der Waals surface area (Å²) in [6.45, 7) is 0.321. The Bertz CT molecular complexity index is 424. The average molecular weight is 186 g/mol. The lowest BCUT2D eigenvalue weighted by molar-refractivity contribution is 0.174. The van der Waals surface area contributed by atoms with Crippen LogP contribution in [-0.4, -0.2) is 6.79 Å². The summed E-state index contributed by atoms with van der Waals surface area (Å²) >= 11 is 0. The van der Waals surface area contributed by atoms with Crippen LogP contribution in [0.3, 0.4) is 0 Å². The first kappa shape index (κ1) is 7.75. The van der Waals surface area contributed by atoms with Crippen molar-refractivity contribution < 1.29 is 9.47 Å². The van der Waals surface area contributed by atoms with Gasteiger partial charge < -0.3 is 9.47 Å². The van der Waals surface area contributed by atoms with Crippen LogP contribution in [0.25, 0.3) is 0 Å². The highest BCUT2D eigenvalue weighted by molar-refractivity contribution is 5.50. The fourth-order valence-corrected chi connectivity index (χ4v) is 1.84. The number of rotatable bonds is 1. The molecule has 1 aliphatic heterocycles. The molecule has 3 rings (SSSR count). The van der Waals surface area contributed by atoms with Gasteiger partial charge in [-0.05, 0) is 30.5 Å². The molecule has 0 atom stereocenters. The molecular weight excluding hydrogens is 176 g/mol. The average Bonchev–Trinajstić information content (AvgIpc) is 2.89. The van der Waals surface area contributed by atoms with Crippen LogP contribution in [0, 0.1) is 12.3 Å². The minimum Gasteiger partial charge on any atom is -0.454 e. The van der Waals surface area contributed by atoms with Gasteiger partial charge in [-0.15, -0.1) is 6.42 Å². The third-order valence-corrected chi connectivity index (χ3v) is 2.95. The first-order chi connectivity index (χ1) is 6.84. The SMILES string of the molecule is C#CC1(c2ccc3c(c2)OCO3)CC1. The van der Waals surface area contributed by atoms with E-state index in [1.54, 1.807) is 0 Å². The van der Waals surface area contributed by atoms with E-state index < -0.39 is 0 Å². The standard InChI is InChI=1S/C12H10O2/c1-2-12(5-6-12)9-3-4-10-11(7-9)14-8-13-10/h1,3-4,7H,5-6,8H2. The smallest absolute Gasteiger partial charge is 0.231 e. The predicted octanol–water partition coefficient (Wildman–Crippen LogP) is 2.08. The maximum absolute atomic E-state index is 5.52. The lowest BCUT2D eigenvalue weighted by atomic mass is 9.97. The molecule has 14 heavy (non-hydrogen) atoms. The normalized spacial score (nSPS) is 20.2. The quantitative estimate of drug-likeness (QED) is 0.625. The molecule has 70 valence electrons. The molecule has 2 aliphatic rings. The van der Waals surface area contributed by atoms with E-state index in [1.165, 1.54) is 5.56 Å². The van der Waals surface area contributed by atoms with Crippen LogP contribution in [-0.2, 0) is 5.41 Å². The fraction of sp³-hybridized carbons (Fsp3) is 0.333. The second-order valence-electron chi connectivity index (χ2n) is 3.79. The van der Waals surface area contributed by atoms with Crippen molar-refractivity contribution in [1.82, 2.24) is 0 Å². The second kappa shape index (κ2) is 2.45. The summed E-state index contributed by atoms with van der Waals surface area (Å²) in [5.74, 6) is 4.51. The van der Waals surface area contributed by atoms with Crippen LogP contribution in [0.2, 0.25) is 0 Å². The predicted molar refractivity (Wildman–Crippen MR) is 52.3 cm³/mol. The van der Waals surface area contributed by atoms with Crippen LogP contribution >= 0.6 is 0 Å². The van der Waals surface area contributed by atoms with E-state index >= 15 is 0 Å². The molecule has 0 bridgehead atoms. The van der Waals surface area contributed by atoms with Crippen LogP contribution in [0.5, 0.6) is 11.5 Å². The van der Waals surface area contributed by atoms with Crippen LogP contribution in [0.4, 0.5) is 0 Å². The number of fused-ring (bicyclic) bond motifs is 1. The summed E-state index contributed by atoms with van der Waals surface area (Å²) in [5, 5.41) is 0. The lowest BCUT2D eigenvalue weighted by Gasteiger charge is -2.08. The van der Waals surface area contributed by atoms with Gasteiger partial charge in [-0.2, -0.15) is 0 Å². The molecule has 1 fully saturated rings. The molecule has 1 aromatic carbocycles. The van der Waals surface area contributed by atoms with Crippen molar-refractivity contribution in [1.29, 1.82) is 0 Å². The van der Waals surface area contributed by atoms with Crippen molar-refractivity contribution in [2.75, 3.05) is 6.79 Å². The summed E-state index contributed by atoms with van der Waals surface area (Å²) in [4.78, 5) is 0. The summed E-state index contributed by atoms with van der Waals surface area (Å²) < 4.78 is 10.6. The fourth-order valence-electron chi connectivity index (χ4n) is 1.84. The van der Waals surface area contributed by atoms with Gasteiger partial charge in [0.1, 0.15) is 0 Å². The first-order valence-corrected chi connectivity index (χ1v) is 4.72. The van der Waals surface area contributed by atoms with E-state index in [-0.39, 0.29) is 5.41 Å². The minimum atomic E-state index is -0.0129. The molecule has 0 aromatic heterocycles. The second-order valence-corrected chi connectivity index (χ2v) is 3.79. The molecule has 0 N–H and O–H groups in total. The van der Waals surface area contributed by atoms with Crippen molar-refractivity contribution >= 4 is 0 Å². The summed E-state index contributed by atoms with van der Waals surface area (Å²) in [7, 11) is 0. The molecule has 0 spiro atoms. The Balaban J connectivity index is 2.06.